The van der Waals surface area contributed by atoms with Gasteiger partial charge in [-0.3, -0.25) is 14.6 Å². The van der Waals surface area contributed by atoms with Crippen LogP contribution in [0.3, 0.4) is 0 Å². The number of hydrogen-bond donors (Lipinski definition) is 2. The fraction of sp³-hybridized carbons (Fsp3) is 0.200. The highest BCUT2D eigenvalue weighted by molar-refractivity contribution is 7.13. The van der Waals surface area contributed by atoms with Gasteiger partial charge < -0.3 is 11.1 Å². The number of nitrogen functional groups attached to an aromatic ring is 1. The molecule has 170 valence electrons. The Bertz CT molecular complexity index is 1470. The van der Waals surface area contributed by atoms with Crippen molar-refractivity contribution in [3.63, 3.8) is 0 Å². The minimum Gasteiger partial charge on any atom is -0.383 e. The Morgan fingerprint density at radius 2 is 1.85 bits per heavy atom. The third-order valence-electron chi connectivity index (χ3n) is 6.36. The molecule has 0 atom stereocenters. The highest BCUT2D eigenvalue weighted by Crippen LogP contribution is 2.36. The van der Waals surface area contributed by atoms with E-state index in [1.54, 1.807) is 30.2 Å². The average Bonchev–Trinajstić information content (AvgIpc) is 3.58. The second-order valence-corrected chi connectivity index (χ2v) is 9.31. The number of anilines is 1. The lowest BCUT2D eigenvalue weighted by atomic mass is 10.0. The molecule has 0 radical (unpaired) electrons. The summed E-state index contributed by atoms with van der Waals surface area (Å²) < 4.78 is 16.6. The highest BCUT2D eigenvalue weighted by Gasteiger charge is 2.18. The van der Waals surface area contributed by atoms with Crippen LogP contribution in [-0.4, -0.2) is 37.8 Å². The van der Waals surface area contributed by atoms with E-state index < -0.39 is 0 Å². The predicted octanol–water partition coefficient (Wildman–Crippen LogP) is 4.93. The van der Waals surface area contributed by atoms with Crippen LogP contribution in [0.2, 0.25) is 0 Å². The Balaban J connectivity index is 1.42. The van der Waals surface area contributed by atoms with Crippen LogP contribution in [0, 0.1) is 5.82 Å². The molecule has 1 saturated heterocycles. The van der Waals surface area contributed by atoms with E-state index in [-0.39, 0.29) is 5.82 Å². The highest BCUT2D eigenvalue weighted by atomic mass is 32.1. The standard InChI is InChI=1S/C25H22FN7S/c26-22-2-1-18(24-12-29-14-34-24)19-8-23(30-11-21(19)22)20-7-15(9-31-25(20)27)16-10-32-33(13-16)17-3-5-28-6-4-17/h1-2,7-14,17,28H,3-6H2,(H2,27,31). The summed E-state index contributed by atoms with van der Waals surface area (Å²) in [6, 6.07) is 7.50. The van der Waals surface area contributed by atoms with Crippen LogP contribution in [0.25, 0.3) is 43.6 Å². The van der Waals surface area contributed by atoms with Crippen LogP contribution in [0.5, 0.6) is 0 Å². The molecule has 7 nitrogen and oxygen atoms in total. The summed E-state index contributed by atoms with van der Waals surface area (Å²) in [4.78, 5) is 14.1. The van der Waals surface area contributed by atoms with Gasteiger partial charge in [-0.15, -0.1) is 11.3 Å². The maximum Gasteiger partial charge on any atom is 0.132 e. The SMILES string of the molecule is Nc1ncc(-c2cnn(C3CCNCC3)c2)cc1-c1cc2c(-c3cncs3)ccc(F)c2cn1. The van der Waals surface area contributed by atoms with Gasteiger partial charge >= 0.3 is 0 Å². The number of piperidine rings is 1. The summed E-state index contributed by atoms with van der Waals surface area (Å²) in [6.07, 6.45) is 11.2. The van der Waals surface area contributed by atoms with Crippen molar-refractivity contribution in [1.29, 1.82) is 0 Å². The van der Waals surface area contributed by atoms with Crippen LogP contribution < -0.4 is 11.1 Å². The number of hydrogen-bond acceptors (Lipinski definition) is 7. The van der Waals surface area contributed by atoms with Crippen LogP contribution in [-0.2, 0) is 0 Å². The second kappa shape index (κ2) is 8.58. The van der Waals surface area contributed by atoms with E-state index in [1.807, 2.05) is 23.0 Å². The molecule has 0 unspecified atom stereocenters. The number of benzene rings is 1. The Morgan fingerprint density at radius 3 is 2.68 bits per heavy atom. The minimum absolute atomic E-state index is 0.313. The third kappa shape index (κ3) is 3.72. The lowest BCUT2D eigenvalue weighted by Gasteiger charge is -2.22. The molecule has 5 heterocycles. The molecule has 9 heteroatoms. The van der Waals surface area contributed by atoms with E-state index >= 15 is 0 Å². The smallest absolute Gasteiger partial charge is 0.132 e. The normalized spacial score (nSPS) is 14.6. The van der Waals surface area contributed by atoms with Gasteiger partial charge in [-0.1, -0.05) is 0 Å². The zero-order valence-electron chi connectivity index (χ0n) is 18.3. The number of fused-ring (bicyclic) bond motifs is 1. The molecular weight excluding hydrogens is 449 g/mol. The molecule has 3 N–H and O–H groups in total. The molecule has 0 bridgehead atoms. The zero-order valence-corrected chi connectivity index (χ0v) is 19.1. The molecule has 0 spiro atoms. The molecule has 6 rings (SSSR count). The number of pyridine rings is 2. The summed E-state index contributed by atoms with van der Waals surface area (Å²) in [5.74, 6) is 0.0598. The van der Waals surface area contributed by atoms with Gasteiger partial charge in [0.05, 0.1) is 28.3 Å². The van der Waals surface area contributed by atoms with Gasteiger partial charge in [-0.2, -0.15) is 5.10 Å². The average molecular weight is 472 g/mol. The lowest BCUT2D eigenvalue weighted by molar-refractivity contribution is 0.343. The molecule has 1 aliphatic heterocycles. The summed E-state index contributed by atoms with van der Waals surface area (Å²) in [5.41, 5.74) is 12.2. The largest absolute Gasteiger partial charge is 0.383 e. The van der Waals surface area contributed by atoms with E-state index in [2.05, 4.69) is 31.6 Å². The van der Waals surface area contributed by atoms with Crippen molar-refractivity contribution in [2.75, 3.05) is 18.8 Å². The number of nitrogens with one attached hydrogen (secondary N) is 1. The quantitative estimate of drug-likeness (QED) is 0.386. The molecule has 0 amide bonds. The van der Waals surface area contributed by atoms with Crippen molar-refractivity contribution in [3.8, 4) is 32.8 Å². The van der Waals surface area contributed by atoms with Crippen molar-refractivity contribution in [3.05, 3.63) is 66.6 Å². The second-order valence-electron chi connectivity index (χ2n) is 8.42. The van der Waals surface area contributed by atoms with Crippen LogP contribution in [0.4, 0.5) is 10.2 Å². The first-order valence-corrected chi connectivity index (χ1v) is 12.0. The van der Waals surface area contributed by atoms with Crippen molar-refractivity contribution in [2.45, 2.75) is 18.9 Å². The molecular formula is C25H22FN7S. The Kier molecular flexibility index (Phi) is 5.27. The third-order valence-corrected chi connectivity index (χ3v) is 7.16. The Morgan fingerprint density at radius 1 is 0.971 bits per heavy atom. The van der Waals surface area contributed by atoms with E-state index in [4.69, 9.17) is 5.73 Å². The number of aromatic nitrogens is 5. The molecule has 0 saturated carbocycles. The summed E-state index contributed by atoms with van der Waals surface area (Å²) in [7, 11) is 0. The van der Waals surface area contributed by atoms with Crippen molar-refractivity contribution in [2.24, 2.45) is 0 Å². The van der Waals surface area contributed by atoms with E-state index in [0.29, 0.717) is 28.5 Å². The lowest BCUT2D eigenvalue weighted by Crippen LogP contribution is -2.29. The molecule has 5 aromatic rings. The molecule has 1 fully saturated rings. The first-order valence-electron chi connectivity index (χ1n) is 11.2. The monoisotopic (exact) mass is 471 g/mol. The molecule has 34 heavy (non-hydrogen) atoms. The molecule has 4 aromatic heterocycles. The van der Waals surface area contributed by atoms with Crippen molar-refractivity contribution >= 4 is 27.9 Å². The topological polar surface area (TPSA) is 94.5 Å². The fourth-order valence-corrected chi connectivity index (χ4v) is 5.17. The van der Waals surface area contributed by atoms with Gasteiger partial charge in [0, 0.05) is 52.4 Å². The van der Waals surface area contributed by atoms with E-state index in [9.17, 15) is 4.39 Å². The van der Waals surface area contributed by atoms with Gasteiger partial charge in [-0.05, 0) is 55.6 Å². The predicted molar refractivity (Wildman–Crippen MR) is 133 cm³/mol. The van der Waals surface area contributed by atoms with Crippen LogP contribution in [0.1, 0.15) is 18.9 Å². The fourth-order valence-electron chi connectivity index (χ4n) is 4.51. The Hall–Kier alpha value is -3.69. The van der Waals surface area contributed by atoms with Gasteiger partial charge in [-0.25, -0.2) is 9.37 Å². The number of rotatable bonds is 4. The van der Waals surface area contributed by atoms with Gasteiger partial charge in [0.1, 0.15) is 11.6 Å². The first-order chi connectivity index (χ1) is 16.7. The number of thiazole rings is 1. The van der Waals surface area contributed by atoms with Crippen LogP contribution >= 0.6 is 11.3 Å². The van der Waals surface area contributed by atoms with Gasteiger partial charge in [0.25, 0.3) is 0 Å². The maximum absolute atomic E-state index is 14.6. The van der Waals surface area contributed by atoms with Crippen molar-refractivity contribution in [1.82, 2.24) is 30.0 Å². The van der Waals surface area contributed by atoms with Crippen molar-refractivity contribution < 1.29 is 4.39 Å². The molecule has 1 aromatic carbocycles. The van der Waals surface area contributed by atoms with Gasteiger partial charge in [0.15, 0.2) is 0 Å². The van der Waals surface area contributed by atoms with Gasteiger partial charge in [0.2, 0.25) is 0 Å². The number of halogens is 1. The molecule has 0 aliphatic carbocycles. The van der Waals surface area contributed by atoms with E-state index in [0.717, 1.165) is 52.9 Å². The number of nitrogens with zero attached hydrogens (tertiary/aromatic N) is 5. The summed E-state index contributed by atoms with van der Waals surface area (Å²) in [5, 5.41) is 9.21. The summed E-state index contributed by atoms with van der Waals surface area (Å²) in [6.45, 7) is 2.01. The summed E-state index contributed by atoms with van der Waals surface area (Å²) >= 11 is 1.51. The van der Waals surface area contributed by atoms with Crippen LogP contribution in [0.15, 0.2) is 60.8 Å². The van der Waals surface area contributed by atoms with E-state index in [1.165, 1.54) is 17.4 Å². The maximum atomic E-state index is 14.6. The number of nitrogens with two attached hydrogens (primary N) is 1. The molecule has 1 aliphatic rings. The minimum atomic E-state index is -0.313. The Labute approximate surface area is 199 Å². The first kappa shape index (κ1) is 20.9. The zero-order chi connectivity index (χ0) is 23.1.